The minimum absolute atomic E-state index is 0.721. The topological polar surface area (TPSA) is 15.3 Å². The highest BCUT2D eigenvalue weighted by Gasteiger charge is 2.27. The number of rotatable bonds is 4. The van der Waals surface area contributed by atoms with Crippen LogP contribution in [0, 0.1) is 0 Å². The van der Waals surface area contributed by atoms with E-state index in [4.69, 9.17) is 11.6 Å². The Balaban J connectivity index is 2.28. The molecular weight excluding hydrogens is 208 g/mol. The van der Waals surface area contributed by atoms with Crippen LogP contribution in [0.3, 0.4) is 0 Å². The van der Waals surface area contributed by atoms with Gasteiger partial charge in [-0.2, -0.15) is 0 Å². The summed E-state index contributed by atoms with van der Waals surface area (Å²) >= 11 is 6.04. The van der Waals surface area contributed by atoms with Crippen LogP contribution < -0.4 is 10.2 Å². The van der Waals surface area contributed by atoms with Gasteiger partial charge in [0.15, 0.2) is 0 Å². The largest absolute Gasteiger partial charge is 0.371 e. The lowest BCUT2D eigenvalue weighted by Gasteiger charge is -2.22. The second-order valence-corrected chi connectivity index (χ2v) is 4.58. The molecule has 82 valence electrons. The maximum Gasteiger partial charge on any atom is 0.0426 e. The lowest BCUT2D eigenvalue weighted by molar-refractivity contribution is 0.804. The lowest BCUT2D eigenvalue weighted by atomic mass is 10.1. The summed E-state index contributed by atoms with van der Waals surface area (Å²) in [6.07, 6.45) is 2.62. The van der Waals surface area contributed by atoms with Crippen molar-refractivity contribution in [3.63, 3.8) is 0 Å². The molecule has 1 aromatic carbocycles. The first-order chi connectivity index (χ1) is 7.22. The number of nitrogens with zero attached hydrogens (tertiary/aromatic N) is 1. The molecule has 1 saturated carbocycles. The summed E-state index contributed by atoms with van der Waals surface area (Å²) in [5, 5.41) is 4.01. The van der Waals surface area contributed by atoms with Crippen LogP contribution in [0.1, 0.15) is 18.4 Å². The van der Waals surface area contributed by atoms with Gasteiger partial charge in [0.1, 0.15) is 0 Å². The molecule has 0 unspecified atom stereocenters. The Kier molecular flexibility index (Phi) is 3.17. The monoisotopic (exact) mass is 224 g/mol. The van der Waals surface area contributed by atoms with E-state index >= 15 is 0 Å². The molecule has 0 spiro atoms. The maximum absolute atomic E-state index is 6.04. The van der Waals surface area contributed by atoms with Crippen molar-refractivity contribution < 1.29 is 0 Å². The average Bonchev–Trinajstić information content (AvgIpc) is 3.03. The van der Waals surface area contributed by atoms with Crippen molar-refractivity contribution in [3.8, 4) is 0 Å². The van der Waals surface area contributed by atoms with Crippen LogP contribution in [0.5, 0.6) is 0 Å². The summed E-state index contributed by atoms with van der Waals surface area (Å²) in [4.78, 5) is 2.35. The minimum Gasteiger partial charge on any atom is -0.371 e. The Morgan fingerprint density at radius 2 is 2.20 bits per heavy atom. The van der Waals surface area contributed by atoms with Crippen molar-refractivity contribution in [1.82, 2.24) is 5.32 Å². The molecule has 1 N–H and O–H groups in total. The Morgan fingerprint density at radius 3 is 2.80 bits per heavy atom. The number of anilines is 1. The maximum atomic E-state index is 6.04. The molecule has 1 aliphatic rings. The fourth-order valence-corrected chi connectivity index (χ4v) is 2.03. The first-order valence-electron chi connectivity index (χ1n) is 5.38. The molecule has 1 aromatic rings. The average molecular weight is 225 g/mol. The highest BCUT2D eigenvalue weighted by atomic mass is 35.5. The van der Waals surface area contributed by atoms with E-state index in [2.05, 4.69) is 29.4 Å². The van der Waals surface area contributed by atoms with Gasteiger partial charge >= 0.3 is 0 Å². The van der Waals surface area contributed by atoms with E-state index in [1.165, 1.54) is 24.1 Å². The summed E-state index contributed by atoms with van der Waals surface area (Å²) < 4.78 is 0. The molecule has 0 atom stereocenters. The second kappa shape index (κ2) is 4.42. The number of nitrogens with one attached hydrogen (secondary N) is 1. The fraction of sp³-hybridized carbons (Fsp3) is 0.500. The molecule has 0 aromatic heterocycles. The van der Waals surface area contributed by atoms with Gasteiger partial charge in [0, 0.05) is 30.3 Å². The van der Waals surface area contributed by atoms with Crippen molar-refractivity contribution in [3.05, 3.63) is 28.8 Å². The molecule has 0 aliphatic heterocycles. The molecule has 0 radical (unpaired) electrons. The normalized spacial score (nSPS) is 15.4. The van der Waals surface area contributed by atoms with Crippen LogP contribution in [0.25, 0.3) is 0 Å². The molecule has 0 saturated heterocycles. The van der Waals surface area contributed by atoms with Crippen LogP contribution in [0.2, 0.25) is 5.02 Å². The van der Waals surface area contributed by atoms with Crippen molar-refractivity contribution in [2.24, 2.45) is 0 Å². The van der Waals surface area contributed by atoms with Gasteiger partial charge in [-0.25, -0.2) is 0 Å². The van der Waals surface area contributed by atoms with Crippen LogP contribution in [0.15, 0.2) is 18.2 Å². The van der Waals surface area contributed by atoms with Crippen LogP contribution in [-0.2, 0) is 6.54 Å². The predicted octanol–water partition coefficient (Wildman–Crippen LogP) is 2.66. The minimum atomic E-state index is 0.721. The van der Waals surface area contributed by atoms with E-state index < -0.39 is 0 Å². The molecule has 1 fully saturated rings. The van der Waals surface area contributed by atoms with E-state index in [1.54, 1.807) is 0 Å². The Morgan fingerprint density at radius 1 is 1.47 bits per heavy atom. The van der Waals surface area contributed by atoms with E-state index in [0.29, 0.717) is 0 Å². The van der Waals surface area contributed by atoms with E-state index in [0.717, 1.165) is 17.6 Å². The number of hydrogen-bond donors (Lipinski definition) is 1. The first kappa shape index (κ1) is 10.8. The van der Waals surface area contributed by atoms with E-state index in [9.17, 15) is 0 Å². The molecule has 3 heteroatoms. The highest BCUT2D eigenvalue weighted by Crippen LogP contribution is 2.33. The van der Waals surface area contributed by atoms with Gasteiger partial charge in [-0.15, -0.1) is 0 Å². The zero-order valence-electron chi connectivity index (χ0n) is 9.26. The third kappa shape index (κ3) is 2.44. The van der Waals surface area contributed by atoms with Gasteiger partial charge in [-0.3, -0.25) is 0 Å². The van der Waals surface area contributed by atoms with Crippen LogP contribution in [0.4, 0.5) is 5.69 Å². The molecule has 15 heavy (non-hydrogen) atoms. The third-order valence-corrected chi connectivity index (χ3v) is 3.12. The van der Waals surface area contributed by atoms with Crippen molar-refractivity contribution in [2.75, 3.05) is 19.0 Å². The third-order valence-electron chi connectivity index (χ3n) is 2.89. The quantitative estimate of drug-likeness (QED) is 0.846. The van der Waals surface area contributed by atoms with Gasteiger partial charge in [0.2, 0.25) is 0 Å². The second-order valence-electron chi connectivity index (χ2n) is 4.15. The highest BCUT2D eigenvalue weighted by molar-refractivity contribution is 6.30. The van der Waals surface area contributed by atoms with Crippen molar-refractivity contribution >= 4 is 17.3 Å². The van der Waals surface area contributed by atoms with Crippen LogP contribution in [-0.4, -0.2) is 20.1 Å². The molecule has 1 aliphatic carbocycles. The number of benzene rings is 1. The summed E-state index contributed by atoms with van der Waals surface area (Å²) in [6.45, 7) is 0.892. The Bertz CT molecular complexity index is 347. The van der Waals surface area contributed by atoms with E-state index in [1.807, 2.05) is 13.1 Å². The summed E-state index contributed by atoms with van der Waals surface area (Å²) in [7, 11) is 4.12. The van der Waals surface area contributed by atoms with E-state index in [-0.39, 0.29) is 0 Å². The number of hydrogen-bond acceptors (Lipinski definition) is 2. The molecule has 2 rings (SSSR count). The zero-order chi connectivity index (χ0) is 10.8. The SMILES string of the molecule is CNCc1ccc(Cl)cc1N(C)C1CC1. The van der Waals surface area contributed by atoms with Gasteiger partial charge in [0.25, 0.3) is 0 Å². The lowest BCUT2D eigenvalue weighted by Crippen LogP contribution is -2.22. The molecule has 0 amide bonds. The summed E-state index contributed by atoms with van der Waals surface area (Å²) in [6, 6.07) is 6.84. The molecule has 2 nitrogen and oxygen atoms in total. The van der Waals surface area contributed by atoms with Gasteiger partial charge in [-0.05, 0) is 37.6 Å². The smallest absolute Gasteiger partial charge is 0.0426 e. The van der Waals surface area contributed by atoms with Gasteiger partial charge in [-0.1, -0.05) is 17.7 Å². The van der Waals surface area contributed by atoms with Gasteiger partial charge < -0.3 is 10.2 Å². The van der Waals surface area contributed by atoms with Crippen molar-refractivity contribution in [2.45, 2.75) is 25.4 Å². The van der Waals surface area contributed by atoms with Gasteiger partial charge in [0.05, 0.1) is 0 Å². The summed E-state index contributed by atoms with van der Waals surface area (Å²) in [5.74, 6) is 0. The fourth-order valence-electron chi connectivity index (χ4n) is 1.86. The van der Waals surface area contributed by atoms with Crippen molar-refractivity contribution in [1.29, 1.82) is 0 Å². The molecule has 0 heterocycles. The zero-order valence-corrected chi connectivity index (χ0v) is 10.0. The Labute approximate surface area is 96.2 Å². The molecular formula is C12H17ClN2. The standard InChI is InChI=1S/C12H17ClN2/c1-14-8-9-3-4-10(13)7-12(9)15(2)11-5-6-11/h3-4,7,11,14H,5-6,8H2,1-2H3. The first-order valence-corrected chi connectivity index (χ1v) is 5.76. The summed E-state index contributed by atoms with van der Waals surface area (Å²) in [5.41, 5.74) is 2.58. The predicted molar refractivity (Wildman–Crippen MR) is 65.6 cm³/mol. The van der Waals surface area contributed by atoms with Crippen LogP contribution >= 0.6 is 11.6 Å². The number of halogens is 1. The molecule has 0 bridgehead atoms. The Hall–Kier alpha value is -0.730.